The van der Waals surface area contributed by atoms with Gasteiger partial charge >= 0.3 is 0 Å². The lowest BCUT2D eigenvalue weighted by atomic mass is 10.1. The van der Waals surface area contributed by atoms with Gasteiger partial charge in [-0.15, -0.1) is 0 Å². The van der Waals surface area contributed by atoms with Crippen molar-refractivity contribution >= 4 is 44.8 Å². The van der Waals surface area contributed by atoms with Crippen LogP contribution in [0.5, 0.6) is 0 Å². The number of nitrogens with two attached hydrogens (primary N) is 1. The summed E-state index contributed by atoms with van der Waals surface area (Å²) in [7, 11) is 0. The molecule has 0 aromatic heterocycles. The Morgan fingerprint density at radius 3 is 2.65 bits per heavy atom. The molecule has 0 radical (unpaired) electrons. The lowest BCUT2D eigenvalue weighted by Gasteiger charge is -2.11. The van der Waals surface area contributed by atoms with Gasteiger partial charge in [-0.1, -0.05) is 23.2 Å². The molecule has 2 aromatic rings. The van der Waals surface area contributed by atoms with Crippen molar-refractivity contribution in [1.29, 1.82) is 0 Å². The van der Waals surface area contributed by atoms with Crippen LogP contribution >= 0.6 is 27.5 Å². The molecular weight excluding hydrogens is 342 g/mol. The molecule has 0 fully saturated rings. The standard InChI is InChI=1S/C14H13BrClN3O/c1-8-2-5-13(19-17)10(6-8)14(20)18-9-3-4-11(15)12(16)7-9/h2-7,19H,17H2,1H3,(H,18,20). The largest absolute Gasteiger partial charge is 0.323 e. The number of aryl methyl sites for hydroxylation is 1. The van der Waals surface area contributed by atoms with E-state index in [-0.39, 0.29) is 5.91 Å². The Morgan fingerprint density at radius 2 is 2.00 bits per heavy atom. The SMILES string of the molecule is Cc1ccc(NN)c(C(=O)Nc2ccc(Br)c(Cl)c2)c1. The topological polar surface area (TPSA) is 67.1 Å². The fourth-order valence-corrected chi connectivity index (χ4v) is 2.17. The van der Waals surface area contributed by atoms with E-state index in [4.69, 9.17) is 17.4 Å². The van der Waals surface area contributed by atoms with Crippen LogP contribution in [0.1, 0.15) is 15.9 Å². The van der Waals surface area contributed by atoms with Gasteiger partial charge in [0.25, 0.3) is 5.91 Å². The summed E-state index contributed by atoms with van der Waals surface area (Å²) in [5, 5.41) is 3.32. The average Bonchev–Trinajstić information content (AvgIpc) is 2.43. The quantitative estimate of drug-likeness (QED) is 0.577. The number of hydrogen-bond donors (Lipinski definition) is 3. The van der Waals surface area contributed by atoms with Crippen LogP contribution in [0.3, 0.4) is 0 Å². The maximum Gasteiger partial charge on any atom is 0.257 e. The molecule has 20 heavy (non-hydrogen) atoms. The summed E-state index contributed by atoms with van der Waals surface area (Å²) >= 11 is 9.30. The smallest absolute Gasteiger partial charge is 0.257 e. The van der Waals surface area contributed by atoms with Crippen molar-refractivity contribution in [1.82, 2.24) is 0 Å². The first-order chi connectivity index (χ1) is 9.51. The van der Waals surface area contributed by atoms with E-state index in [0.29, 0.717) is 22.0 Å². The highest BCUT2D eigenvalue weighted by molar-refractivity contribution is 9.10. The van der Waals surface area contributed by atoms with Crippen molar-refractivity contribution in [2.75, 3.05) is 10.7 Å². The second kappa shape index (κ2) is 6.26. The molecule has 0 aliphatic rings. The Bertz CT molecular complexity index is 661. The Morgan fingerprint density at radius 1 is 1.25 bits per heavy atom. The van der Waals surface area contributed by atoms with Crippen molar-refractivity contribution in [3.05, 3.63) is 57.0 Å². The molecule has 2 aromatic carbocycles. The first-order valence-corrected chi connectivity index (χ1v) is 7.02. The van der Waals surface area contributed by atoms with Gasteiger partial charge in [0.05, 0.1) is 16.3 Å². The number of amides is 1. The summed E-state index contributed by atoms with van der Waals surface area (Å²) in [4.78, 5) is 12.3. The first-order valence-electron chi connectivity index (χ1n) is 5.85. The minimum absolute atomic E-state index is 0.250. The predicted molar refractivity (Wildman–Crippen MR) is 86.1 cm³/mol. The third kappa shape index (κ3) is 3.30. The lowest BCUT2D eigenvalue weighted by Crippen LogP contribution is -2.17. The molecule has 0 saturated carbocycles. The molecule has 0 heterocycles. The molecule has 0 atom stereocenters. The highest BCUT2D eigenvalue weighted by atomic mass is 79.9. The number of nitrogens with one attached hydrogen (secondary N) is 2. The van der Waals surface area contributed by atoms with Crippen molar-refractivity contribution in [2.45, 2.75) is 6.92 Å². The number of hydrogen-bond acceptors (Lipinski definition) is 3. The second-order valence-electron chi connectivity index (χ2n) is 4.28. The van der Waals surface area contributed by atoms with Crippen LogP contribution in [-0.2, 0) is 0 Å². The van der Waals surface area contributed by atoms with Gasteiger partial charge in [0, 0.05) is 10.2 Å². The van der Waals surface area contributed by atoms with Gasteiger partial charge in [0.15, 0.2) is 0 Å². The number of halogens is 2. The van der Waals surface area contributed by atoms with Gasteiger partial charge in [-0.3, -0.25) is 10.6 Å². The van der Waals surface area contributed by atoms with Crippen LogP contribution in [0, 0.1) is 6.92 Å². The zero-order valence-electron chi connectivity index (χ0n) is 10.7. The van der Waals surface area contributed by atoms with Crippen LogP contribution in [0.4, 0.5) is 11.4 Å². The van der Waals surface area contributed by atoms with Crippen LogP contribution in [0.15, 0.2) is 40.9 Å². The Labute approximate surface area is 130 Å². The molecule has 6 heteroatoms. The predicted octanol–water partition coefficient (Wildman–Crippen LogP) is 3.95. The summed E-state index contributed by atoms with van der Waals surface area (Å²) in [6.45, 7) is 1.91. The van der Waals surface area contributed by atoms with Gasteiger partial charge in [-0.2, -0.15) is 0 Å². The van der Waals surface area contributed by atoms with Gasteiger partial charge in [-0.05, 0) is 53.2 Å². The summed E-state index contributed by atoms with van der Waals surface area (Å²) in [6.07, 6.45) is 0. The maximum absolute atomic E-state index is 12.3. The molecular formula is C14H13BrClN3O. The minimum atomic E-state index is -0.250. The van der Waals surface area contributed by atoms with Gasteiger partial charge in [0.2, 0.25) is 0 Å². The molecule has 0 aliphatic carbocycles. The molecule has 104 valence electrons. The van der Waals surface area contributed by atoms with E-state index in [1.165, 1.54) is 0 Å². The molecule has 4 nitrogen and oxygen atoms in total. The highest BCUT2D eigenvalue weighted by Crippen LogP contribution is 2.26. The number of carbonyl (C=O) groups is 1. The molecule has 0 unspecified atom stereocenters. The Kier molecular flexibility index (Phi) is 4.65. The normalized spacial score (nSPS) is 10.2. The van der Waals surface area contributed by atoms with Crippen molar-refractivity contribution < 1.29 is 4.79 Å². The van der Waals surface area contributed by atoms with E-state index in [0.717, 1.165) is 10.0 Å². The number of nitrogen functional groups attached to an aromatic ring is 1. The number of hydrazine groups is 1. The molecule has 2 rings (SSSR count). The third-order valence-corrected chi connectivity index (χ3v) is 3.99. The second-order valence-corrected chi connectivity index (χ2v) is 5.54. The summed E-state index contributed by atoms with van der Waals surface area (Å²) in [5.41, 5.74) is 5.15. The maximum atomic E-state index is 12.3. The fraction of sp³-hybridized carbons (Fsp3) is 0.0714. The molecule has 0 saturated heterocycles. The van der Waals surface area contributed by atoms with Gasteiger partial charge < -0.3 is 10.7 Å². The Balaban J connectivity index is 2.27. The van der Waals surface area contributed by atoms with E-state index in [1.807, 2.05) is 13.0 Å². The van der Waals surface area contributed by atoms with Crippen LogP contribution < -0.4 is 16.6 Å². The molecule has 0 spiro atoms. The zero-order chi connectivity index (χ0) is 14.7. The van der Waals surface area contributed by atoms with E-state index in [9.17, 15) is 4.79 Å². The van der Waals surface area contributed by atoms with Crippen molar-refractivity contribution in [2.24, 2.45) is 5.84 Å². The van der Waals surface area contributed by atoms with Crippen LogP contribution in [0.2, 0.25) is 5.02 Å². The van der Waals surface area contributed by atoms with Crippen molar-refractivity contribution in [3.8, 4) is 0 Å². The first kappa shape index (κ1) is 14.8. The van der Waals surface area contributed by atoms with E-state index < -0.39 is 0 Å². The summed E-state index contributed by atoms with van der Waals surface area (Å²) < 4.78 is 0.775. The number of anilines is 2. The monoisotopic (exact) mass is 353 g/mol. The minimum Gasteiger partial charge on any atom is -0.323 e. The fourth-order valence-electron chi connectivity index (χ4n) is 1.74. The number of benzene rings is 2. The molecule has 0 bridgehead atoms. The highest BCUT2D eigenvalue weighted by Gasteiger charge is 2.12. The van der Waals surface area contributed by atoms with Crippen molar-refractivity contribution in [3.63, 3.8) is 0 Å². The van der Waals surface area contributed by atoms with Gasteiger partial charge in [-0.25, -0.2) is 0 Å². The summed E-state index contributed by atoms with van der Waals surface area (Å²) in [6, 6.07) is 10.6. The van der Waals surface area contributed by atoms with E-state index in [2.05, 4.69) is 26.7 Å². The van der Waals surface area contributed by atoms with Crippen LogP contribution in [0.25, 0.3) is 0 Å². The van der Waals surface area contributed by atoms with E-state index in [1.54, 1.807) is 30.3 Å². The molecule has 1 amide bonds. The molecule has 4 N–H and O–H groups in total. The number of rotatable bonds is 3. The summed E-state index contributed by atoms with van der Waals surface area (Å²) in [5.74, 6) is 5.17. The molecule has 0 aliphatic heterocycles. The van der Waals surface area contributed by atoms with Crippen LogP contribution in [-0.4, -0.2) is 5.91 Å². The Hall–Kier alpha value is -1.56. The number of carbonyl (C=O) groups excluding carboxylic acids is 1. The zero-order valence-corrected chi connectivity index (χ0v) is 13.0. The third-order valence-electron chi connectivity index (χ3n) is 2.75. The van der Waals surface area contributed by atoms with E-state index >= 15 is 0 Å². The van der Waals surface area contributed by atoms with Gasteiger partial charge in [0.1, 0.15) is 0 Å². The average molecular weight is 355 g/mol. The lowest BCUT2D eigenvalue weighted by molar-refractivity contribution is 0.102.